The Labute approximate surface area is 98.9 Å². The molecule has 1 atom stereocenters. The number of carbonyl (C=O) groups excluding carboxylic acids is 1. The number of nitrogens with zero attached hydrogens (tertiary/aromatic N) is 1. The third-order valence-electron chi connectivity index (χ3n) is 2.60. The molecular weight excluding hydrogens is 228 g/mol. The largest absolute Gasteiger partial charge is 0.497 e. The molecule has 5 heteroatoms. The smallest absolute Gasteiger partial charge is 0.228 e. The SMILES string of the molecule is COc1ccc(N2CC(N)CC2=O)c(Cl)c1. The lowest BCUT2D eigenvalue weighted by atomic mass is 10.2. The van der Waals surface area contributed by atoms with Crippen LogP contribution in [0.2, 0.25) is 5.02 Å². The van der Waals surface area contributed by atoms with Gasteiger partial charge in [-0.05, 0) is 12.1 Å². The van der Waals surface area contributed by atoms with Gasteiger partial charge in [0.1, 0.15) is 5.75 Å². The van der Waals surface area contributed by atoms with E-state index in [1.807, 2.05) is 0 Å². The maximum absolute atomic E-state index is 11.6. The molecule has 4 nitrogen and oxygen atoms in total. The first-order valence-corrected chi connectivity index (χ1v) is 5.39. The van der Waals surface area contributed by atoms with E-state index < -0.39 is 0 Å². The van der Waals surface area contributed by atoms with E-state index >= 15 is 0 Å². The van der Waals surface area contributed by atoms with Crippen LogP contribution in [0.4, 0.5) is 5.69 Å². The third kappa shape index (κ3) is 1.99. The van der Waals surface area contributed by atoms with E-state index in [9.17, 15) is 4.79 Å². The monoisotopic (exact) mass is 240 g/mol. The maximum Gasteiger partial charge on any atom is 0.228 e. The van der Waals surface area contributed by atoms with Crippen LogP contribution in [0.25, 0.3) is 0 Å². The van der Waals surface area contributed by atoms with Crippen LogP contribution in [0.5, 0.6) is 5.75 Å². The molecule has 1 fully saturated rings. The van der Waals surface area contributed by atoms with Crippen molar-refractivity contribution in [3.05, 3.63) is 23.2 Å². The molecule has 1 aliphatic rings. The highest BCUT2D eigenvalue weighted by atomic mass is 35.5. The van der Waals surface area contributed by atoms with Gasteiger partial charge in [-0.2, -0.15) is 0 Å². The molecule has 1 aliphatic heterocycles. The van der Waals surface area contributed by atoms with E-state index in [-0.39, 0.29) is 11.9 Å². The van der Waals surface area contributed by atoms with E-state index in [2.05, 4.69) is 0 Å². The lowest BCUT2D eigenvalue weighted by Crippen LogP contribution is -2.28. The summed E-state index contributed by atoms with van der Waals surface area (Å²) in [6.45, 7) is 0.519. The lowest BCUT2D eigenvalue weighted by Gasteiger charge is -2.18. The Bertz CT molecular complexity index is 422. The topological polar surface area (TPSA) is 55.6 Å². The van der Waals surface area contributed by atoms with Crippen molar-refractivity contribution >= 4 is 23.2 Å². The van der Waals surface area contributed by atoms with E-state index in [1.165, 1.54) is 0 Å². The minimum Gasteiger partial charge on any atom is -0.497 e. The molecule has 16 heavy (non-hydrogen) atoms. The molecule has 1 aromatic rings. The van der Waals surface area contributed by atoms with Crippen LogP contribution in [-0.4, -0.2) is 25.6 Å². The van der Waals surface area contributed by atoms with Crippen LogP contribution >= 0.6 is 11.6 Å². The van der Waals surface area contributed by atoms with Crippen molar-refractivity contribution < 1.29 is 9.53 Å². The van der Waals surface area contributed by atoms with Crippen LogP contribution in [0, 0.1) is 0 Å². The van der Waals surface area contributed by atoms with Gasteiger partial charge >= 0.3 is 0 Å². The molecule has 1 unspecified atom stereocenters. The summed E-state index contributed by atoms with van der Waals surface area (Å²) in [6.07, 6.45) is 0.377. The summed E-state index contributed by atoms with van der Waals surface area (Å²) >= 11 is 6.09. The molecule has 1 aromatic carbocycles. The second kappa shape index (κ2) is 4.31. The Balaban J connectivity index is 2.30. The zero-order valence-electron chi connectivity index (χ0n) is 8.94. The van der Waals surface area contributed by atoms with Crippen LogP contribution in [0.3, 0.4) is 0 Å². The Hall–Kier alpha value is -1.26. The lowest BCUT2D eigenvalue weighted by molar-refractivity contribution is -0.117. The summed E-state index contributed by atoms with van der Waals surface area (Å²) in [6, 6.07) is 5.13. The second-order valence-corrected chi connectivity index (χ2v) is 4.19. The van der Waals surface area contributed by atoms with Crippen molar-refractivity contribution in [1.82, 2.24) is 0 Å². The molecule has 86 valence electrons. The number of methoxy groups -OCH3 is 1. The highest BCUT2D eigenvalue weighted by Crippen LogP contribution is 2.32. The average Bonchev–Trinajstić information content (AvgIpc) is 2.57. The minimum absolute atomic E-state index is 0.0135. The Morgan fingerprint density at radius 1 is 1.56 bits per heavy atom. The van der Waals surface area contributed by atoms with Crippen molar-refractivity contribution in [2.45, 2.75) is 12.5 Å². The molecule has 0 spiro atoms. The molecule has 1 amide bonds. The number of anilines is 1. The quantitative estimate of drug-likeness (QED) is 0.851. The molecule has 0 saturated carbocycles. The van der Waals surface area contributed by atoms with Crippen LogP contribution in [0.15, 0.2) is 18.2 Å². The highest BCUT2D eigenvalue weighted by molar-refractivity contribution is 6.34. The van der Waals surface area contributed by atoms with Crippen LogP contribution < -0.4 is 15.4 Å². The Morgan fingerprint density at radius 3 is 2.81 bits per heavy atom. The zero-order chi connectivity index (χ0) is 11.7. The molecule has 1 saturated heterocycles. The number of carbonyl (C=O) groups is 1. The average molecular weight is 241 g/mol. The van der Waals surface area contributed by atoms with Crippen LogP contribution in [0.1, 0.15) is 6.42 Å². The number of hydrogen-bond donors (Lipinski definition) is 1. The number of ether oxygens (including phenoxy) is 1. The predicted molar refractivity (Wildman–Crippen MR) is 62.9 cm³/mol. The number of hydrogen-bond acceptors (Lipinski definition) is 3. The van der Waals surface area contributed by atoms with Gasteiger partial charge in [-0.25, -0.2) is 0 Å². The summed E-state index contributed by atoms with van der Waals surface area (Å²) in [4.78, 5) is 13.3. The summed E-state index contributed by atoms with van der Waals surface area (Å²) < 4.78 is 5.05. The van der Waals surface area contributed by atoms with Gasteiger partial charge in [0.05, 0.1) is 17.8 Å². The third-order valence-corrected chi connectivity index (χ3v) is 2.90. The minimum atomic E-state index is -0.106. The fraction of sp³-hybridized carbons (Fsp3) is 0.364. The van der Waals surface area contributed by atoms with Crippen molar-refractivity contribution in [2.75, 3.05) is 18.6 Å². The molecule has 0 radical (unpaired) electrons. The fourth-order valence-electron chi connectivity index (χ4n) is 1.80. The van der Waals surface area contributed by atoms with Gasteiger partial charge in [-0.1, -0.05) is 11.6 Å². The molecule has 0 aliphatic carbocycles. The van der Waals surface area contributed by atoms with Gasteiger partial charge in [-0.15, -0.1) is 0 Å². The standard InChI is InChI=1S/C11H13ClN2O2/c1-16-8-2-3-10(9(12)5-8)14-6-7(13)4-11(14)15/h2-3,5,7H,4,6,13H2,1H3. The van der Waals surface area contributed by atoms with Crippen molar-refractivity contribution in [3.8, 4) is 5.75 Å². The van der Waals surface area contributed by atoms with Gasteiger partial charge in [-0.3, -0.25) is 4.79 Å². The zero-order valence-corrected chi connectivity index (χ0v) is 9.70. The number of rotatable bonds is 2. The van der Waals surface area contributed by atoms with E-state index in [4.69, 9.17) is 22.1 Å². The number of amides is 1. The van der Waals surface area contributed by atoms with Crippen LogP contribution in [-0.2, 0) is 4.79 Å². The highest BCUT2D eigenvalue weighted by Gasteiger charge is 2.29. The van der Waals surface area contributed by atoms with Crippen molar-refractivity contribution in [1.29, 1.82) is 0 Å². The maximum atomic E-state index is 11.6. The Morgan fingerprint density at radius 2 is 2.31 bits per heavy atom. The van der Waals surface area contributed by atoms with Gasteiger partial charge < -0.3 is 15.4 Å². The van der Waals surface area contributed by atoms with E-state index in [0.717, 1.165) is 0 Å². The number of nitrogens with two attached hydrogens (primary N) is 1. The van der Waals surface area contributed by atoms with Gasteiger partial charge in [0, 0.05) is 25.1 Å². The van der Waals surface area contributed by atoms with Gasteiger partial charge in [0.25, 0.3) is 0 Å². The van der Waals surface area contributed by atoms with Crippen molar-refractivity contribution in [2.24, 2.45) is 5.73 Å². The van der Waals surface area contributed by atoms with E-state index in [0.29, 0.717) is 29.4 Å². The number of benzene rings is 1. The second-order valence-electron chi connectivity index (χ2n) is 3.79. The first kappa shape index (κ1) is 11.2. The molecule has 0 bridgehead atoms. The summed E-state index contributed by atoms with van der Waals surface area (Å²) in [7, 11) is 1.57. The molecule has 2 N–H and O–H groups in total. The molecule has 0 aromatic heterocycles. The van der Waals surface area contributed by atoms with Gasteiger partial charge in [0.15, 0.2) is 0 Å². The first-order valence-electron chi connectivity index (χ1n) is 5.01. The van der Waals surface area contributed by atoms with Gasteiger partial charge in [0.2, 0.25) is 5.91 Å². The molecular formula is C11H13ClN2O2. The normalized spacial score (nSPS) is 20.3. The molecule has 1 heterocycles. The number of halogens is 1. The summed E-state index contributed by atoms with van der Waals surface area (Å²) in [5.41, 5.74) is 6.42. The van der Waals surface area contributed by atoms with Crippen molar-refractivity contribution in [3.63, 3.8) is 0 Å². The first-order chi connectivity index (χ1) is 7.61. The predicted octanol–water partition coefficient (Wildman–Crippen LogP) is 1.41. The molecule has 2 rings (SSSR count). The summed E-state index contributed by atoms with van der Waals surface area (Å²) in [5.74, 6) is 0.685. The van der Waals surface area contributed by atoms with E-state index in [1.54, 1.807) is 30.2 Å². The Kier molecular flexibility index (Phi) is 3.03. The summed E-state index contributed by atoms with van der Waals surface area (Å²) in [5, 5.41) is 0.502. The fourth-order valence-corrected chi connectivity index (χ4v) is 2.07.